The summed E-state index contributed by atoms with van der Waals surface area (Å²) in [5.74, 6) is 0. The third-order valence-electron chi connectivity index (χ3n) is 2.89. The second-order valence-electron chi connectivity index (χ2n) is 4.10. The van der Waals surface area contributed by atoms with Crippen LogP contribution in [-0.4, -0.2) is 11.3 Å². The first-order valence-electron chi connectivity index (χ1n) is 5.40. The van der Waals surface area contributed by atoms with Crippen LogP contribution >= 0.6 is 0 Å². The molecule has 0 atom stereocenters. The number of hydrogen-bond acceptors (Lipinski definition) is 3. The highest BCUT2D eigenvalue weighted by Crippen LogP contribution is 2.26. The van der Waals surface area contributed by atoms with E-state index in [1.54, 1.807) is 12.3 Å². The number of benzene rings is 1. The molecule has 1 aromatic carbocycles. The molecule has 0 spiro atoms. The predicted molar refractivity (Wildman–Crippen MR) is 68.9 cm³/mol. The van der Waals surface area contributed by atoms with E-state index in [2.05, 4.69) is 4.98 Å². The first-order valence-corrected chi connectivity index (χ1v) is 5.40. The smallest absolute Gasteiger partial charge is 0.151 e. The highest BCUT2D eigenvalue weighted by atomic mass is 16.1. The number of aldehydes is 1. The lowest BCUT2D eigenvalue weighted by Gasteiger charge is -2.09. The molecule has 0 saturated carbocycles. The molecule has 17 heavy (non-hydrogen) atoms. The zero-order valence-electron chi connectivity index (χ0n) is 9.90. The number of hydrogen-bond donors (Lipinski definition) is 1. The lowest BCUT2D eigenvalue weighted by atomic mass is 9.99. The normalized spacial score (nSPS) is 10.2. The molecule has 0 unspecified atom stereocenters. The van der Waals surface area contributed by atoms with Crippen LogP contribution < -0.4 is 5.73 Å². The van der Waals surface area contributed by atoms with Gasteiger partial charge in [0.1, 0.15) is 0 Å². The van der Waals surface area contributed by atoms with E-state index in [0.29, 0.717) is 5.56 Å². The number of aryl methyl sites for hydroxylation is 1. The number of carbonyl (C=O) groups is 1. The van der Waals surface area contributed by atoms with Gasteiger partial charge in [-0.15, -0.1) is 0 Å². The molecule has 86 valence electrons. The number of carbonyl (C=O) groups excluding carboxylic acids is 1. The second kappa shape index (κ2) is 4.37. The quantitative estimate of drug-likeness (QED) is 0.632. The number of aromatic nitrogens is 1. The molecule has 0 radical (unpaired) electrons. The van der Waals surface area contributed by atoms with Crippen molar-refractivity contribution in [1.82, 2.24) is 4.98 Å². The molecular weight excluding hydrogens is 212 g/mol. The van der Waals surface area contributed by atoms with E-state index >= 15 is 0 Å². The van der Waals surface area contributed by atoms with E-state index < -0.39 is 0 Å². The van der Waals surface area contributed by atoms with Crippen molar-refractivity contribution < 1.29 is 4.79 Å². The Balaban J connectivity index is 2.55. The maximum absolute atomic E-state index is 10.6. The fourth-order valence-corrected chi connectivity index (χ4v) is 1.79. The molecule has 3 nitrogen and oxygen atoms in total. The van der Waals surface area contributed by atoms with Gasteiger partial charge in [0.15, 0.2) is 6.29 Å². The van der Waals surface area contributed by atoms with Crippen LogP contribution in [0, 0.1) is 13.8 Å². The average molecular weight is 226 g/mol. The van der Waals surface area contributed by atoms with Gasteiger partial charge in [-0.05, 0) is 49.2 Å². The molecule has 0 aliphatic rings. The van der Waals surface area contributed by atoms with Crippen LogP contribution in [0.5, 0.6) is 0 Å². The number of nitrogens with zero attached hydrogens (tertiary/aromatic N) is 1. The van der Waals surface area contributed by atoms with E-state index in [9.17, 15) is 4.79 Å². The topological polar surface area (TPSA) is 56.0 Å². The lowest BCUT2D eigenvalue weighted by molar-refractivity contribution is 0.112. The summed E-state index contributed by atoms with van der Waals surface area (Å²) >= 11 is 0. The molecule has 0 saturated heterocycles. The van der Waals surface area contributed by atoms with Crippen molar-refractivity contribution in [2.75, 3.05) is 5.73 Å². The Kier molecular flexibility index (Phi) is 2.91. The Morgan fingerprint density at radius 1 is 1.24 bits per heavy atom. The highest BCUT2D eigenvalue weighted by molar-refractivity contribution is 5.76. The van der Waals surface area contributed by atoms with Crippen molar-refractivity contribution >= 4 is 12.0 Å². The zero-order valence-corrected chi connectivity index (χ0v) is 9.90. The molecule has 0 aliphatic carbocycles. The van der Waals surface area contributed by atoms with Crippen LogP contribution in [0.15, 0.2) is 30.5 Å². The summed E-state index contributed by atoms with van der Waals surface area (Å²) in [6.07, 6.45) is 2.36. The minimum Gasteiger partial charge on any atom is -0.399 e. The molecule has 0 fully saturated rings. The number of nitrogen functional groups attached to an aromatic ring is 1. The molecule has 1 heterocycles. The van der Waals surface area contributed by atoms with Gasteiger partial charge in [-0.2, -0.15) is 0 Å². The summed E-state index contributed by atoms with van der Waals surface area (Å²) in [5.41, 5.74) is 11.3. The summed E-state index contributed by atoms with van der Waals surface area (Å²) < 4.78 is 0. The molecule has 3 heteroatoms. The number of pyridine rings is 1. The predicted octanol–water partition coefficient (Wildman–Crippen LogP) is 2.76. The van der Waals surface area contributed by atoms with Crippen LogP contribution in [-0.2, 0) is 0 Å². The number of rotatable bonds is 2. The summed E-state index contributed by atoms with van der Waals surface area (Å²) in [4.78, 5) is 14.8. The number of anilines is 1. The summed E-state index contributed by atoms with van der Waals surface area (Å²) in [5, 5.41) is 0. The number of nitrogens with two attached hydrogens (primary N) is 1. The maximum Gasteiger partial charge on any atom is 0.151 e. The molecular formula is C14H14N2O. The highest BCUT2D eigenvalue weighted by Gasteiger charge is 2.06. The van der Waals surface area contributed by atoms with E-state index in [4.69, 9.17) is 5.73 Å². The van der Waals surface area contributed by atoms with Gasteiger partial charge in [0, 0.05) is 23.0 Å². The van der Waals surface area contributed by atoms with Crippen molar-refractivity contribution in [3.8, 4) is 11.3 Å². The van der Waals surface area contributed by atoms with Gasteiger partial charge in [-0.3, -0.25) is 9.78 Å². The minimum absolute atomic E-state index is 0.576. The first kappa shape index (κ1) is 11.3. The third-order valence-corrected chi connectivity index (χ3v) is 2.89. The second-order valence-corrected chi connectivity index (χ2v) is 4.10. The maximum atomic E-state index is 10.6. The Morgan fingerprint density at radius 3 is 2.59 bits per heavy atom. The van der Waals surface area contributed by atoms with Gasteiger partial charge >= 0.3 is 0 Å². The van der Waals surface area contributed by atoms with Crippen LogP contribution in [0.2, 0.25) is 0 Å². The van der Waals surface area contributed by atoms with Crippen molar-refractivity contribution in [2.24, 2.45) is 0 Å². The van der Waals surface area contributed by atoms with Crippen molar-refractivity contribution in [2.45, 2.75) is 13.8 Å². The minimum atomic E-state index is 0.576. The monoisotopic (exact) mass is 226 g/mol. The van der Waals surface area contributed by atoms with Crippen molar-refractivity contribution in [3.63, 3.8) is 0 Å². The van der Waals surface area contributed by atoms with E-state index in [1.165, 1.54) is 0 Å². The lowest BCUT2D eigenvalue weighted by Crippen LogP contribution is -1.94. The Bertz CT molecular complexity index is 559. The molecule has 2 N–H and O–H groups in total. The van der Waals surface area contributed by atoms with Gasteiger partial charge < -0.3 is 5.73 Å². The van der Waals surface area contributed by atoms with Crippen molar-refractivity contribution in [3.05, 3.63) is 47.2 Å². The van der Waals surface area contributed by atoms with Gasteiger partial charge in [0.2, 0.25) is 0 Å². The standard InChI is InChI=1S/C14H14N2O/c1-9-5-12(15)6-13(10(9)2)14-4-3-11(8-17)7-16-14/h3-8H,15H2,1-2H3. The van der Waals surface area contributed by atoms with Gasteiger partial charge in [-0.1, -0.05) is 0 Å². The fraction of sp³-hybridized carbons (Fsp3) is 0.143. The SMILES string of the molecule is Cc1cc(N)cc(-c2ccc(C=O)cn2)c1C. The van der Waals surface area contributed by atoms with E-state index in [-0.39, 0.29) is 0 Å². The Hall–Kier alpha value is -2.16. The zero-order chi connectivity index (χ0) is 12.4. The summed E-state index contributed by atoms with van der Waals surface area (Å²) in [6, 6.07) is 7.45. The van der Waals surface area contributed by atoms with E-state index in [1.807, 2.05) is 32.0 Å². The first-order chi connectivity index (χ1) is 8.11. The van der Waals surface area contributed by atoms with Crippen LogP contribution in [0.3, 0.4) is 0 Å². The largest absolute Gasteiger partial charge is 0.399 e. The molecule has 1 aromatic heterocycles. The van der Waals surface area contributed by atoms with Gasteiger partial charge in [0.05, 0.1) is 5.69 Å². The molecule has 0 bridgehead atoms. The molecule has 2 rings (SSSR count). The third kappa shape index (κ3) is 2.18. The summed E-state index contributed by atoms with van der Waals surface area (Å²) in [7, 11) is 0. The summed E-state index contributed by atoms with van der Waals surface area (Å²) in [6.45, 7) is 4.06. The Labute approximate surface area is 100 Å². The van der Waals surface area contributed by atoms with Crippen LogP contribution in [0.25, 0.3) is 11.3 Å². The Morgan fingerprint density at radius 2 is 2.00 bits per heavy atom. The van der Waals surface area contributed by atoms with Crippen LogP contribution in [0.1, 0.15) is 21.5 Å². The van der Waals surface area contributed by atoms with Crippen LogP contribution in [0.4, 0.5) is 5.69 Å². The fourth-order valence-electron chi connectivity index (χ4n) is 1.79. The average Bonchev–Trinajstić information content (AvgIpc) is 2.34. The molecule has 0 amide bonds. The van der Waals surface area contributed by atoms with Gasteiger partial charge in [0.25, 0.3) is 0 Å². The van der Waals surface area contributed by atoms with Gasteiger partial charge in [-0.25, -0.2) is 0 Å². The molecule has 0 aliphatic heterocycles. The molecule has 2 aromatic rings. The van der Waals surface area contributed by atoms with Crippen molar-refractivity contribution in [1.29, 1.82) is 0 Å². The van der Waals surface area contributed by atoms with E-state index in [0.717, 1.165) is 34.4 Å².